The molecule has 1 aromatic heterocycles. The highest BCUT2D eigenvalue weighted by Gasteiger charge is 2.27. The van der Waals surface area contributed by atoms with Crippen LogP contribution in [0.2, 0.25) is 0 Å². The minimum atomic E-state index is 0.255. The lowest BCUT2D eigenvalue weighted by Gasteiger charge is -2.38. The predicted molar refractivity (Wildman–Crippen MR) is 107 cm³/mol. The van der Waals surface area contributed by atoms with Gasteiger partial charge in [-0.2, -0.15) is 0 Å². The van der Waals surface area contributed by atoms with E-state index < -0.39 is 0 Å². The van der Waals surface area contributed by atoms with Crippen LogP contribution in [-0.2, 0) is 0 Å². The van der Waals surface area contributed by atoms with Crippen molar-refractivity contribution in [2.24, 2.45) is 0 Å². The van der Waals surface area contributed by atoms with Crippen LogP contribution >= 0.6 is 0 Å². The number of H-pyrrole nitrogens is 1. The molecule has 1 N–H and O–H groups in total. The molecule has 26 heavy (non-hydrogen) atoms. The van der Waals surface area contributed by atoms with Crippen LogP contribution in [0.25, 0.3) is 10.9 Å². The van der Waals surface area contributed by atoms with Crippen molar-refractivity contribution in [2.75, 3.05) is 40.3 Å². The minimum absolute atomic E-state index is 0.255. The summed E-state index contributed by atoms with van der Waals surface area (Å²) in [5, 5.41) is 1.32. The Labute approximate surface area is 155 Å². The maximum Gasteiger partial charge on any atom is 0.118 e. The van der Waals surface area contributed by atoms with Crippen LogP contribution < -0.4 is 4.74 Å². The average Bonchev–Trinajstić information content (AvgIpc) is 3.09. The van der Waals surface area contributed by atoms with E-state index in [1.165, 1.54) is 27.6 Å². The van der Waals surface area contributed by atoms with E-state index in [1.54, 1.807) is 7.11 Å². The number of aryl methyl sites for hydroxylation is 1. The quantitative estimate of drug-likeness (QED) is 0.777. The van der Waals surface area contributed by atoms with Crippen molar-refractivity contribution in [1.82, 2.24) is 14.8 Å². The number of nitrogens with one attached hydrogen (secondary N) is 1. The molecule has 0 radical (unpaired) electrons. The first-order valence-corrected chi connectivity index (χ1v) is 9.30. The lowest BCUT2D eigenvalue weighted by Crippen LogP contribution is -2.46. The number of benzene rings is 2. The van der Waals surface area contributed by atoms with Crippen LogP contribution in [0.15, 0.2) is 48.7 Å². The maximum atomic E-state index is 5.36. The van der Waals surface area contributed by atoms with E-state index in [-0.39, 0.29) is 6.04 Å². The third-order valence-electron chi connectivity index (χ3n) is 5.58. The summed E-state index contributed by atoms with van der Waals surface area (Å²) in [4.78, 5) is 8.52. The number of aromatic nitrogens is 1. The van der Waals surface area contributed by atoms with E-state index in [4.69, 9.17) is 4.74 Å². The summed E-state index contributed by atoms with van der Waals surface area (Å²) in [6.45, 7) is 6.53. The number of nitrogens with zero attached hydrogens (tertiary/aromatic N) is 2. The summed E-state index contributed by atoms with van der Waals surface area (Å²) in [7, 11) is 3.92. The number of likely N-dealkylation sites (N-methyl/N-ethyl adjacent to an activating group) is 1. The summed E-state index contributed by atoms with van der Waals surface area (Å²) >= 11 is 0. The number of methoxy groups -OCH3 is 1. The fraction of sp³-hybridized carbons (Fsp3) is 0.364. The van der Waals surface area contributed by atoms with Crippen molar-refractivity contribution in [1.29, 1.82) is 0 Å². The molecule has 1 aliphatic rings. The van der Waals surface area contributed by atoms with Gasteiger partial charge in [-0.3, -0.25) is 4.90 Å². The van der Waals surface area contributed by atoms with E-state index in [0.29, 0.717) is 0 Å². The van der Waals surface area contributed by atoms with Crippen LogP contribution in [0, 0.1) is 6.92 Å². The third-order valence-corrected chi connectivity index (χ3v) is 5.58. The first-order chi connectivity index (χ1) is 12.7. The van der Waals surface area contributed by atoms with Crippen molar-refractivity contribution in [3.63, 3.8) is 0 Å². The molecule has 4 nitrogen and oxygen atoms in total. The molecule has 0 saturated carbocycles. The van der Waals surface area contributed by atoms with Crippen molar-refractivity contribution in [2.45, 2.75) is 13.0 Å². The summed E-state index contributed by atoms with van der Waals surface area (Å²) in [6, 6.07) is 15.4. The lowest BCUT2D eigenvalue weighted by atomic mass is 9.95. The Hall–Kier alpha value is -2.30. The van der Waals surface area contributed by atoms with Gasteiger partial charge in [0.05, 0.1) is 13.2 Å². The Kier molecular flexibility index (Phi) is 4.70. The highest BCUT2D eigenvalue weighted by atomic mass is 16.5. The van der Waals surface area contributed by atoms with E-state index in [1.807, 2.05) is 0 Å². The Balaban J connectivity index is 1.79. The average molecular weight is 349 g/mol. The van der Waals surface area contributed by atoms with Gasteiger partial charge in [-0.15, -0.1) is 0 Å². The van der Waals surface area contributed by atoms with Gasteiger partial charge in [-0.25, -0.2) is 0 Å². The number of hydrogen-bond donors (Lipinski definition) is 1. The fourth-order valence-electron chi connectivity index (χ4n) is 4.01. The molecule has 0 bridgehead atoms. The van der Waals surface area contributed by atoms with Crippen LogP contribution in [0.3, 0.4) is 0 Å². The SMILES string of the molecule is COc1ccc(C(c2c[nH]c3c(C)cccc23)N2CCN(C)CC2)cc1. The number of para-hydroxylation sites is 1. The van der Waals surface area contributed by atoms with Crippen LogP contribution in [0.5, 0.6) is 5.75 Å². The van der Waals surface area contributed by atoms with E-state index in [9.17, 15) is 0 Å². The van der Waals surface area contributed by atoms with Gasteiger partial charge in [0.2, 0.25) is 0 Å². The molecule has 1 aliphatic heterocycles. The summed E-state index contributed by atoms with van der Waals surface area (Å²) in [5.41, 5.74) is 5.21. The zero-order chi connectivity index (χ0) is 18.1. The normalized spacial score (nSPS) is 17.5. The van der Waals surface area contributed by atoms with Crippen LogP contribution in [0.1, 0.15) is 22.7 Å². The maximum absolute atomic E-state index is 5.36. The Bertz CT molecular complexity index is 876. The minimum Gasteiger partial charge on any atom is -0.497 e. The predicted octanol–water partition coefficient (Wildman–Crippen LogP) is 3.82. The van der Waals surface area contributed by atoms with Crippen molar-refractivity contribution >= 4 is 10.9 Å². The molecule has 4 heteroatoms. The number of rotatable bonds is 4. The van der Waals surface area contributed by atoms with Gasteiger partial charge >= 0.3 is 0 Å². The van der Waals surface area contributed by atoms with Gasteiger partial charge in [0.1, 0.15) is 5.75 Å². The topological polar surface area (TPSA) is 31.5 Å². The van der Waals surface area contributed by atoms with Crippen molar-refractivity contribution < 1.29 is 4.74 Å². The summed E-state index contributed by atoms with van der Waals surface area (Å²) in [5.74, 6) is 0.903. The number of ether oxygens (including phenoxy) is 1. The largest absolute Gasteiger partial charge is 0.497 e. The molecular formula is C22H27N3O. The standard InChI is InChI=1S/C22H27N3O/c1-16-5-4-6-19-20(15-23-21(16)19)22(25-13-11-24(2)12-14-25)17-7-9-18(26-3)10-8-17/h4-10,15,22-23H,11-14H2,1-3H3. The zero-order valence-electron chi connectivity index (χ0n) is 15.8. The second kappa shape index (κ2) is 7.14. The molecule has 1 atom stereocenters. The number of hydrogen-bond acceptors (Lipinski definition) is 3. The molecule has 0 aliphatic carbocycles. The highest BCUT2D eigenvalue weighted by Crippen LogP contribution is 2.35. The Morgan fingerprint density at radius 2 is 1.73 bits per heavy atom. The summed E-state index contributed by atoms with van der Waals surface area (Å²) in [6.07, 6.45) is 2.20. The Morgan fingerprint density at radius 3 is 2.42 bits per heavy atom. The molecule has 4 rings (SSSR count). The second-order valence-electron chi connectivity index (χ2n) is 7.26. The molecule has 1 fully saturated rings. The third kappa shape index (κ3) is 3.11. The molecule has 1 saturated heterocycles. The smallest absolute Gasteiger partial charge is 0.118 e. The second-order valence-corrected chi connectivity index (χ2v) is 7.26. The number of fused-ring (bicyclic) bond motifs is 1. The van der Waals surface area contributed by atoms with E-state index in [2.05, 4.69) is 77.4 Å². The molecule has 136 valence electrons. The van der Waals surface area contributed by atoms with Gasteiger partial charge in [-0.1, -0.05) is 30.3 Å². The van der Waals surface area contributed by atoms with Gasteiger partial charge in [-0.05, 0) is 42.8 Å². The van der Waals surface area contributed by atoms with Crippen LogP contribution in [0.4, 0.5) is 0 Å². The van der Waals surface area contributed by atoms with Gasteiger partial charge < -0.3 is 14.6 Å². The molecule has 0 spiro atoms. The molecule has 0 amide bonds. The van der Waals surface area contributed by atoms with Gasteiger partial charge in [0.25, 0.3) is 0 Å². The van der Waals surface area contributed by atoms with Crippen LogP contribution in [-0.4, -0.2) is 55.1 Å². The fourth-order valence-corrected chi connectivity index (χ4v) is 4.01. The molecule has 2 aromatic carbocycles. The Morgan fingerprint density at radius 1 is 1.00 bits per heavy atom. The monoisotopic (exact) mass is 349 g/mol. The number of piperazine rings is 1. The zero-order valence-corrected chi connectivity index (χ0v) is 15.8. The molecule has 1 unspecified atom stereocenters. The van der Waals surface area contributed by atoms with E-state index in [0.717, 1.165) is 31.9 Å². The van der Waals surface area contributed by atoms with E-state index >= 15 is 0 Å². The molecule has 3 aromatic rings. The van der Waals surface area contributed by atoms with Gasteiger partial charge in [0.15, 0.2) is 0 Å². The highest BCUT2D eigenvalue weighted by molar-refractivity contribution is 5.86. The first-order valence-electron chi connectivity index (χ1n) is 9.30. The first kappa shape index (κ1) is 17.1. The number of aromatic amines is 1. The lowest BCUT2D eigenvalue weighted by molar-refractivity contribution is 0.128. The van der Waals surface area contributed by atoms with Crippen molar-refractivity contribution in [3.05, 3.63) is 65.4 Å². The van der Waals surface area contributed by atoms with Crippen molar-refractivity contribution in [3.8, 4) is 5.75 Å². The molecular weight excluding hydrogens is 322 g/mol. The van der Waals surface area contributed by atoms with Gasteiger partial charge in [0, 0.05) is 43.3 Å². The summed E-state index contributed by atoms with van der Waals surface area (Å²) < 4.78 is 5.36. The molecule has 2 heterocycles.